The summed E-state index contributed by atoms with van der Waals surface area (Å²) in [5.41, 5.74) is 0.406. The van der Waals surface area contributed by atoms with Gasteiger partial charge in [0.1, 0.15) is 5.75 Å². The van der Waals surface area contributed by atoms with Crippen molar-refractivity contribution in [3.8, 4) is 5.75 Å². The van der Waals surface area contributed by atoms with Crippen molar-refractivity contribution in [3.05, 3.63) is 53.6 Å². The third-order valence-electron chi connectivity index (χ3n) is 2.69. The van der Waals surface area contributed by atoms with Crippen LogP contribution >= 0.6 is 11.6 Å². The molecule has 0 heterocycles. The van der Waals surface area contributed by atoms with Crippen LogP contribution in [0.15, 0.2) is 53.5 Å². The first-order valence-corrected chi connectivity index (χ1v) is 6.59. The fourth-order valence-corrected chi connectivity index (χ4v) is 1.74. The average molecular weight is 329 g/mol. The van der Waals surface area contributed by atoms with Gasteiger partial charge in [-0.05, 0) is 48.5 Å². The topological polar surface area (TPSA) is 33.6 Å². The SMILES string of the molecule is COc1ccc(NC(=Nc2ccc(Cl)cc2)C(F)(F)F)cc1. The zero-order chi connectivity index (χ0) is 16.2. The van der Waals surface area contributed by atoms with Gasteiger partial charge in [-0.15, -0.1) is 0 Å². The Balaban J connectivity index is 2.28. The lowest BCUT2D eigenvalue weighted by molar-refractivity contribution is -0.0586. The van der Waals surface area contributed by atoms with E-state index in [1.165, 1.54) is 43.5 Å². The van der Waals surface area contributed by atoms with Crippen LogP contribution in [0.25, 0.3) is 0 Å². The van der Waals surface area contributed by atoms with Crippen LogP contribution in [0.3, 0.4) is 0 Å². The molecule has 7 heteroatoms. The number of benzene rings is 2. The van der Waals surface area contributed by atoms with Gasteiger partial charge in [0.2, 0.25) is 5.84 Å². The number of rotatable bonds is 3. The molecule has 0 saturated heterocycles. The fourth-order valence-electron chi connectivity index (χ4n) is 1.62. The molecule has 116 valence electrons. The molecule has 0 radical (unpaired) electrons. The van der Waals surface area contributed by atoms with Crippen molar-refractivity contribution < 1.29 is 17.9 Å². The van der Waals surface area contributed by atoms with Crippen molar-refractivity contribution in [1.29, 1.82) is 0 Å². The van der Waals surface area contributed by atoms with Gasteiger partial charge in [-0.2, -0.15) is 13.2 Å². The fraction of sp³-hybridized carbons (Fsp3) is 0.133. The maximum absolute atomic E-state index is 13.1. The van der Waals surface area contributed by atoms with E-state index in [2.05, 4.69) is 10.3 Å². The van der Waals surface area contributed by atoms with E-state index in [1.807, 2.05) is 0 Å². The number of nitrogens with zero attached hydrogens (tertiary/aromatic N) is 1. The molecule has 2 aromatic rings. The number of halogens is 4. The van der Waals surface area contributed by atoms with Crippen molar-refractivity contribution in [2.24, 2.45) is 4.99 Å². The van der Waals surface area contributed by atoms with Gasteiger partial charge in [-0.1, -0.05) is 11.6 Å². The number of amidine groups is 1. The van der Waals surface area contributed by atoms with Crippen molar-refractivity contribution in [1.82, 2.24) is 0 Å². The normalized spacial score (nSPS) is 12.1. The Bertz CT molecular complexity index is 652. The van der Waals surface area contributed by atoms with Gasteiger partial charge in [0, 0.05) is 10.7 Å². The van der Waals surface area contributed by atoms with E-state index in [4.69, 9.17) is 16.3 Å². The molecule has 2 aromatic carbocycles. The van der Waals surface area contributed by atoms with E-state index < -0.39 is 12.0 Å². The van der Waals surface area contributed by atoms with E-state index in [0.29, 0.717) is 10.8 Å². The summed E-state index contributed by atoms with van der Waals surface area (Å²) < 4.78 is 44.2. The molecule has 1 N–H and O–H groups in total. The van der Waals surface area contributed by atoms with Gasteiger partial charge in [0.05, 0.1) is 12.8 Å². The molecule has 0 aliphatic rings. The summed E-state index contributed by atoms with van der Waals surface area (Å²) in [4.78, 5) is 3.60. The van der Waals surface area contributed by atoms with Crippen LogP contribution in [0.4, 0.5) is 24.5 Å². The summed E-state index contributed by atoms with van der Waals surface area (Å²) in [5, 5.41) is 2.70. The molecule has 0 atom stereocenters. The molecule has 0 saturated carbocycles. The van der Waals surface area contributed by atoms with Crippen LogP contribution in [0.2, 0.25) is 5.02 Å². The van der Waals surface area contributed by atoms with Crippen LogP contribution < -0.4 is 10.1 Å². The molecule has 0 spiro atoms. The van der Waals surface area contributed by atoms with E-state index in [1.54, 1.807) is 12.1 Å². The van der Waals surface area contributed by atoms with E-state index in [0.717, 1.165) is 0 Å². The summed E-state index contributed by atoms with van der Waals surface area (Å²) in [6.07, 6.45) is -4.61. The first kappa shape index (κ1) is 16.2. The average Bonchev–Trinajstić information content (AvgIpc) is 2.48. The molecule has 0 aromatic heterocycles. The third-order valence-corrected chi connectivity index (χ3v) is 2.94. The van der Waals surface area contributed by atoms with Crippen molar-refractivity contribution >= 4 is 28.8 Å². The largest absolute Gasteiger partial charge is 0.497 e. The molecule has 0 amide bonds. The first-order valence-electron chi connectivity index (χ1n) is 6.21. The van der Waals surface area contributed by atoms with E-state index in [-0.39, 0.29) is 11.4 Å². The molecule has 0 bridgehead atoms. The van der Waals surface area contributed by atoms with Crippen LogP contribution in [-0.4, -0.2) is 19.1 Å². The van der Waals surface area contributed by atoms with E-state index >= 15 is 0 Å². The molecular weight excluding hydrogens is 317 g/mol. The minimum absolute atomic E-state index is 0.151. The summed E-state index contributed by atoms with van der Waals surface area (Å²) in [6.45, 7) is 0. The zero-order valence-corrected chi connectivity index (χ0v) is 12.2. The van der Waals surface area contributed by atoms with Crippen LogP contribution in [0.5, 0.6) is 5.75 Å². The minimum atomic E-state index is -4.61. The number of methoxy groups -OCH3 is 1. The number of alkyl halides is 3. The van der Waals surface area contributed by atoms with Crippen LogP contribution in [0.1, 0.15) is 0 Å². The number of anilines is 1. The molecule has 0 aliphatic heterocycles. The Morgan fingerprint density at radius 1 is 1.05 bits per heavy atom. The molecule has 0 unspecified atom stereocenters. The quantitative estimate of drug-likeness (QED) is 0.631. The van der Waals surface area contributed by atoms with Gasteiger partial charge in [-0.25, -0.2) is 4.99 Å². The molecule has 3 nitrogen and oxygen atoms in total. The predicted octanol–water partition coefficient (Wildman–Crippen LogP) is 5.05. The second-order valence-corrected chi connectivity index (χ2v) is 4.72. The monoisotopic (exact) mass is 328 g/mol. The zero-order valence-electron chi connectivity index (χ0n) is 11.5. The number of hydrogen-bond acceptors (Lipinski definition) is 2. The standard InChI is InChI=1S/C15H12ClF3N2O/c1-22-13-8-6-12(7-9-13)21-14(15(17,18)19)20-11-4-2-10(16)3-5-11/h2-9H,1H3,(H,20,21). The summed E-state index contributed by atoms with van der Waals surface area (Å²) >= 11 is 5.70. The number of aliphatic imine (C=N–C) groups is 1. The molecule has 22 heavy (non-hydrogen) atoms. The third kappa shape index (κ3) is 4.39. The van der Waals surface area contributed by atoms with Gasteiger partial charge < -0.3 is 10.1 Å². The van der Waals surface area contributed by atoms with E-state index in [9.17, 15) is 13.2 Å². The van der Waals surface area contributed by atoms with Crippen LogP contribution in [0, 0.1) is 0 Å². The lowest BCUT2D eigenvalue weighted by atomic mass is 10.3. The Labute approximate surface area is 130 Å². The maximum atomic E-state index is 13.1. The summed E-state index contributed by atoms with van der Waals surface area (Å²) in [7, 11) is 1.48. The highest BCUT2D eigenvalue weighted by Gasteiger charge is 2.36. The number of hydrogen-bond donors (Lipinski definition) is 1. The highest BCUT2D eigenvalue weighted by atomic mass is 35.5. The van der Waals surface area contributed by atoms with Gasteiger partial charge in [0.25, 0.3) is 0 Å². The second kappa shape index (κ2) is 6.70. The Morgan fingerprint density at radius 2 is 1.64 bits per heavy atom. The summed E-state index contributed by atoms with van der Waals surface area (Å²) in [6, 6.07) is 11.8. The van der Waals surface area contributed by atoms with Crippen molar-refractivity contribution in [2.75, 3.05) is 12.4 Å². The van der Waals surface area contributed by atoms with Crippen LogP contribution in [-0.2, 0) is 0 Å². The molecule has 0 aliphatic carbocycles. The molecule has 0 fully saturated rings. The molecule has 2 rings (SSSR count). The van der Waals surface area contributed by atoms with Gasteiger partial charge >= 0.3 is 6.18 Å². The number of ether oxygens (including phenoxy) is 1. The van der Waals surface area contributed by atoms with Gasteiger partial charge in [-0.3, -0.25) is 0 Å². The first-order chi connectivity index (χ1) is 10.4. The second-order valence-electron chi connectivity index (χ2n) is 4.29. The van der Waals surface area contributed by atoms with Crippen molar-refractivity contribution in [3.63, 3.8) is 0 Å². The highest BCUT2D eigenvalue weighted by Crippen LogP contribution is 2.25. The minimum Gasteiger partial charge on any atom is -0.497 e. The summed E-state index contributed by atoms with van der Waals surface area (Å²) in [5.74, 6) is -0.561. The van der Waals surface area contributed by atoms with Gasteiger partial charge in [0.15, 0.2) is 0 Å². The Kier molecular flexibility index (Phi) is 4.92. The smallest absolute Gasteiger partial charge is 0.449 e. The molecular formula is C15H12ClF3N2O. The predicted molar refractivity (Wildman–Crippen MR) is 81.2 cm³/mol. The highest BCUT2D eigenvalue weighted by molar-refractivity contribution is 6.30. The Morgan fingerprint density at radius 3 is 2.14 bits per heavy atom. The Hall–Kier alpha value is -2.21. The lowest BCUT2D eigenvalue weighted by Gasteiger charge is -2.13. The lowest BCUT2D eigenvalue weighted by Crippen LogP contribution is -2.30. The maximum Gasteiger partial charge on any atom is 0.449 e. The van der Waals surface area contributed by atoms with Crippen molar-refractivity contribution in [2.45, 2.75) is 6.18 Å². The number of nitrogens with one attached hydrogen (secondary N) is 1.